The van der Waals surface area contributed by atoms with E-state index in [1.807, 2.05) is 24.3 Å². The number of aliphatic hydroxyl groups excluding tert-OH is 1. The van der Waals surface area contributed by atoms with Crippen LogP contribution in [0.4, 0.5) is 11.4 Å². The van der Waals surface area contributed by atoms with E-state index in [-0.39, 0.29) is 6.61 Å². The van der Waals surface area contributed by atoms with E-state index >= 15 is 0 Å². The average Bonchev–Trinajstić information content (AvgIpc) is 2.64. The minimum absolute atomic E-state index is 0.101. The van der Waals surface area contributed by atoms with Crippen molar-refractivity contribution in [3.63, 3.8) is 0 Å². The smallest absolute Gasteiger partial charge is 0.231 e. The first-order valence-electron chi connectivity index (χ1n) is 8.03. The molecule has 0 spiro atoms. The Morgan fingerprint density at radius 1 is 1.15 bits per heavy atom. The molecule has 0 aliphatic carbocycles. The molecule has 2 N–H and O–H groups in total. The summed E-state index contributed by atoms with van der Waals surface area (Å²) in [5.74, 6) is 1.25. The van der Waals surface area contributed by atoms with Crippen molar-refractivity contribution >= 4 is 21.4 Å². The number of aliphatic hydroxyl groups is 1. The molecule has 7 nitrogen and oxygen atoms in total. The minimum Gasteiger partial charge on any atom is -0.495 e. The molecule has 0 radical (unpaired) electrons. The number of hydrogen-bond acceptors (Lipinski definition) is 6. The molecule has 142 valence electrons. The van der Waals surface area contributed by atoms with Crippen molar-refractivity contribution < 1.29 is 23.0 Å². The molecular formula is C18H24N2O5S. The van der Waals surface area contributed by atoms with Gasteiger partial charge in [-0.3, -0.25) is 4.31 Å². The molecule has 0 bridgehead atoms. The van der Waals surface area contributed by atoms with Gasteiger partial charge in [0, 0.05) is 13.6 Å². The molecule has 0 aliphatic heterocycles. The summed E-state index contributed by atoms with van der Waals surface area (Å²) in [5.41, 5.74) is 1.33. The summed E-state index contributed by atoms with van der Waals surface area (Å²) in [4.78, 5) is 0. The quantitative estimate of drug-likeness (QED) is 0.691. The Kier molecular flexibility index (Phi) is 6.70. The maximum Gasteiger partial charge on any atom is 0.231 e. The standard InChI is InChI=1S/C18H24N2O5S/c1-20(26(3,22)23)14-8-10-16(11-9-14)25-13-15(21)12-19-17-6-4-5-7-18(17)24-2/h4-11,15,19,21H,12-13H2,1-3H3. The highest BCUT2D eigenvalue weighted by molar-refractivity contribution is 7.92. The lowest BCUT2D eigenvalue weighted by Gasteiger charge is -2.18. The van der Waals surface area contributed by atoms with Crippen LogP contribution in [-0.2, 0) is 10.0 Å². The normalized spacial score (nSPS) is 12.3. The maximum absolute atomic E-state index is 11.5. The van der Waals surface area contributed by atoms with Crippen molar-refractivity contribution in [1.29, 1.82) is 0 Å². The molecule has 0 saturated heterocycles. The van der Waals surface area contributed by atoms with Crippen LogP contribution in [0.1, 0.15) is 0 Å². The highest BCUT2D eigenvalue weighted by Crippen LogP contribution is 2.23. The summed E-state index contributed by atoms with van der Waals surface area (Å²) in [7, 11) is -0.227. The summed E-state index contributed by atoms with van der Waals surface area (Å²) < 4.78 is 35.0. The Hall–Kier alpha value is -2.45. The van der Waals surface area contributed by atoms with Gasteiger partial charge >= 0.3 is 0 Å². The van der Waals surface area contributed by atoms with Gasteiger partial charge in [0.2, 0.25) is 10.0 Å². The Morgan fingerprint density at radius 2 is 1.81 bits per heavy atom. The largest absolute Gasteiger partial charge is 0.495 e. The van der Waals surface area contributed by atoms with E-state index < -0.39 is 16.1 Å². The highest BCUT2D eigenvalue weighted by atomic mass is 32.2. The lowest BCUT2D eigenvalue weighted by Crippen LogP contribution is -2.26. The fourth-order valence-electron chi connectivity index (χ4n) is 2.21. The Bertz CT molecular complexity index is 809. The number of rotatable bonds is 9. The number of methoxy groups -OCH3 is 1. The van der Waals surface area contributed by atoms with Crippen LogP contribution in [0.15, 0.2) is 48.5 Å². The van der Waals surface area contributed by atoms with Gasteiger partial charge in [0.25, 0.3) is 0 Å². The molecule has 0 fully saturated rings. The minimum atomic E-state index is -3.30. The van der Waals surface area contributed by atoms with Crippen molar-refractivity contribution in [2.45, 2.75) is 6.10 Å². The Labute approximate surface area is 154 Å². The zero-order valence-corrected chi connectivity index (χ0v) is 15.9. The van der Waals surface area contributed by atoms with Crippen LogP contribution in [0.3, 0.4) is 0 Å². The van der Waals surface area contributed by atoms with E-state index in [1.165, 1.54) is 11.4 Å². The van der Waals surface area contributed by atoms with E-state index in [9.17, 15) is 13.5 Å². The molecule has 1 atom stereocenters. The van der Waals surface area contributed by atoms with E-state index in [0.29, 0.717) is 23.7 Å². The summed E-state index contributed by atoms with van der Waals surface area (Å²) in [6, 6.07) is 14.1. The van der Waals surface area contributed by atoms with Crippen LogP contribution < -0.4 is 19.1 Å². The zero-order valence-electron chi connectivity index (χ0n) is 15.0. The molecule has 0 aliphatic rings. The fourth-order valence-corrected chi connectivity index (χ4v) is 2.72. The van der Waals surface area contributed by atoms with Gasteiger partial charge in [-0.25, -0.2) is 8.42 Å². The van der Waals surface area contributed by atoms with Crippen LogP contribution in [0.2, 0.25) is 0 Å². The van der Waals surface area contributed by atoms with Crippen molar-refractivity contribution in [1.82, 2.24) is 0 Å². The molecule has 1 unspecified atom stereocenters. The molecular weight excluding hydrogens is 356 g/mol. The van der Waals surface area contributed by atoms with Gasteiger partial charge in [-0.15, -0.1) is 0 Å². The third-order valence-electron chi connectivity index (χ3n) is 3.78. The summed E-state index contributed by atoms with van der Waals surface area (Å²) in [5, 5.41) is 13.2. The predicted octanol–water partition coefficient (Wildman–Crippen LogP) is 1.94. The van der Waals surface area contributed by atoms with E-state index in [1.54, 1.807) is 31.4 Å². The molecule has 2 aromatic carbocycles. The molecule has 2 aromatic rings. The maximum atomic E-state index is 11.5. The summed E-state index contributed by atoms with van der Waals surface area (Å²) in [6.07, 6.45) is 0.418. The number of nitrogens with zero attached hydrogens (tertiary/aromatic N) is 1. The molecule has 0 aromatic heterocycles. The molecule has 26 heavy (non-hydrogen) atoms. The van der Waals surface area contributed by atoms with Gasteiger partial charge in [0.15, 0.2) is 0 Å². The van der Waals surface area contributed by atoms with Crippen LogP contribution in [0.5, 0.6) is 11.5 Å². The summed E-state index contributed by atoms with van der Waals surface area (Å²) >= 11 is 0. The number of benzene rings is 2. The molecule has 0 amide bonds. The lowest BCUT2D eigenvalue weighted by atomic mass is 10.2. The van der Waals surface area contributed by atoms with Crippen LogP contribution >= 0.6 is 0 Å². The third kappa shape index (κ3) is 5.53. The van der Waals surface area contributed by atoms with Crippen molar-refractivity contribution in [2.24, 2.45) is 0 Å². The van der Waals surface area contributed by atoms with Gasteiger partial charge in [-0.1, -0.05) is 12.1 Å². The molecule has 0 heterocycles. The van der Waals surface area contributed by atoms with E-state index in [4.69, 9.17) is 9.47 Å². The fraction of sp³-hybridized carbons (Fsp3) is 0.333. The second-order valence-electron chi connectivity index (χ2n) is 5.77. The topological polar surface area (TPSA) is 88.1 Å². The number of para-hydroxylation sites is 2. The second-order valence-corrected chi connectivity index (χ2v) is 7.78. The van der Waals surface area contributed by atoms with Crippen molar-refractivity contribution in [3.05, 3.63) is 48.5 Å². The first-order chi connectivity index (χ1) is 12.3. The second kappa shape index (κ2) is 8.77. The Morgan fingerprint density at radius 3 is 2.42 bits per heavy atom. The highest BCUT2D eigenvalue weighted by Gasteiger charge is 2.12. The van der Waals surface area contributed by atoms with Gasteiger partial charge in [0.05, 0.1) is 24.7 Å². The first-order valence-corrected chi connectivity index (χ1v) is 9.88. The lowest BCUT2D eigenvalue weighted by molar-refractivity contribution is 0.117. The number of anilines is 2. The molecule has 8 heteroatoms. The van der Waals surface area contributed by atoms with Gasteiger partial charge in [-0.2, -0.15) is 0 Å². The SMILES string of the molecule is COc1ccccc1NCC(O)COc1ccc(N(C)S(C)(=O)=O)cc1. The zero-order chi connectivity index (χ0) is 19.2. The number of nitrogens with one attached hydrogen (secondary N) is 1. The third-order valence-corrected chi connectivity index (χ3v) is 4.98. The van der Waals surface area contributed by atoms with Crippen LogP contribution in [0.25, 0.3) is 0 Å². The van der Waals surface area contributed by atoms with Gasteiger partial charge in [0.1, 0.15) is 24.2 Å². The number of hydrogen-bond donors (Lipinski definition) is 2. The van der Waals surface area contributed by atoms with E-state index in [0.717, 1.165) is 11.9 Å². The first kappa shape index (κ1) is 19.9. The van der Waals surface area contributed by atoms with E-state index in [2.05, 4.69) is 5.32 Å². The predicted molar refractivity (Wildman–Crippen MR) is 103 cm³/mol. The monoisotopic (exact) mass is 380 g/mol. The number of ether oxygens (including phenoxy) is 2. The molecule has 0 saturated carbocycles. The van der Waals surface area contributed by atoms with Gasteiger partial charge < -0.3 is 19.9 Å². The Balaban J connectivity index is 1.84. The molecule has 2 rings (SSSR count). The van der Waals surface area contributed by atoms with Gasteiger partial charge in [-0.05, 0) is 36.4 Å². The number of sulfonamides is 1. The summed E-state index contributed by atoms with van der Waals surface area (Å²) in [6.45, 7) is 0.401. The average molecular weight is 380 g/mol. The van der Waals surface area contributed by atoms with Crippen molar-refractivity contribution in [3.8, 4) is 11.5 Å². The van der Waals surface area contributed by atoms with Crippen molar-refractivity contribution in [2.75, 3.05) is 43.2 Å². The van der Waals surface area contributed by atoms with Crippen LogP contribution in [-0.4, -0.2) is 53.2 Å². The van der Waals surface area contributed by atoms with Crippen LogP contribution in [0, 0.1) is 0 Å².